The van der Waals surface area contributed by atoms with Crippen molar-refractivity contribution in [3.8, 4) is 11.6 Å². The van der Waals surface area contributed by atoms with Gasteiger partial charge in [-0.1, -0.05) is 18.2 Å². The van der Waals surface area contributed by atoms with Crippen LogP contribution >= 0.6 is 0 Å². The van der Waals surface area contributed by atoms with Gasteiger partial charge in [0.1, 0.15) is 11.4 Å². The van der Waals surface area contributed by atoms with E-state index in [1.807, 2.05) is 18.2 Å². The van der Waals surface area contributed by atoms with Crippen molar-refractivity contribution in [1.82, 2.24) is 9.88 Å². The third kappa shape index (κ3) is 3.83. The van der Waals surface area contributed by atoms with Gasteiger partial charge in [-0.3, -0.25) is 9.59 Å². The van der Waals surface area contributed by atoms with Crippen LogP contribution < -0.4 is 10.1 Å². The van der Waals surface area contributed by atoms with E-state index >= 15 is 0 Å². The van der Waals surface area contributed by atoms with Crippen LogP contribution in [0, 0.1) is 0 Å². The van der Waals surface area contributed by atoms with Gasteiger partial charge in [0.05, 0.1) is 7.11 Å². The third-order valence-electron chi connectivity index (χ3n) is 4.14. The summed E-state index contributed by atoms with van der Waals surface area (Å²) in [7, 11) is 1.44. The fourth-order valence-corrected chi connectivity index (χ4v) is 2.76. The van der Waals surface area contributed by atoms with E-state index in [9.17, 15) is 14.7 Å². The normalized spacial score (nSPS) is 13.7. The van der Waals surface area contributed by atoms with E-state index in [1.54, 1.807) is 24.3 Å². The van der Waals surface area contributed by atoms with Crippen LogP contribution in [0.3, 0.4) is 0 Å². The van der Waals surface area contributed by atoms with Crippen LogP contribution in [0.25, 0.3) is 5.57 Å². The van der Waals surface area contributed by atoms with Crippen molar-refractivity contribution < 1.29 is 19.4 Å². The number of ether oxygens (including phenoxy) is 1. The molecule has 0 atom stereocenters. The second kappa shape index (κ2) is 7.69. The minimum Gasteiger partial charge on any atom is -0.508 e. The number of benzene rings is 1. The Morgan fingerprint density at radius 3 is 2.65 bits per heavy atom. The number of methoxy groups -OCH3 is 1. The monoisotopic (exact) mass is 353 g/mol. The lowest BCUT2D eigenvalue weighted by Crippen LogP contribution is -2.41. The molecule has 134 valence electrons. The first-order chi connectivity index (χ1) is 12.6. The van der Waals surface area contributed by atoms with Crippen LogP contribution in [0.2, 0.25) is 0 Å². The van der Waals surface area contributed by atoms with Crippen LogP contribution in [0.15, 0.2) is 48.7 Å². The molecule has 0 unspecified atom stereocenters. The molecule has 0 radical (unpaired) electrons. The van der Waals surface area contributed by atoms with Crippen molar-refractivity contribution in [2.45, 2.75) is 6.42 Å². The molecule has 0 fully saturated rings. The minimum absolute atomic E-state index is 0.212. The average molecular weight is 353 g/mol. The summed E-state index contributed by atoms with van der Waals surface area (Å²) in [6.45, 7) is 0.801. The lowest BCUT2D eigenvalue weighted by Gasteiger charge is -2.26. The van der Waals surface area contributed by atoms with E-state index in [-0.39, 0.29) is 11.6 Å². The van der Waals surface area contributed by atoms with Crippen LogP contribution in [-0.2, 0) is 9.59 Å². The summed E-state index contributed by atoms with van der Waals surface area (Å²) in [6, 6.07) is 10.2. The molecule has 7 heteroatoms. The Kier molecular flexibility index (Phi) is 5.17. The number of rotatable bonds is 3. The number of amides is 2. The molecule has 0 saturated carbocycles. The van der Waals surface area contributed by atoms with E-state index in [0.29, 0.717) is 25.2 Å². The smallest absolute Gasteiger partial charge is 0.314 e. The molecule has 0 bridgehead atoms. The van der Waals surface area contributed by atoms with E-state index < -0.39 is 11.8 Å². The Morgan fingerprint density at radius 2 is 2.00 bits per heavy atom. The van der Waals surface area contributed by atoms with Gasteiger partial charge in [0.2, 0.25) is 5.88 Å². The number of pyridine rings is 1. The number of nitrogens with zero attached hydrogens (tertiary/aromatic N) is 2. The lowest BCUT2D eigenvalue weighted by molar-refractivity contribution is -0.142. The zero-order valence-corrected chi connectivity index (χ0v) is 14.3. The van der Waals surface area contributed by atoms with Gasteiger partial charge < -0.3 is 20.1 Å². The van der Waals surface area contributed by atoms with Gasteiger partial charge in [0.15, 0.2) is 0 Å². The average Bonchev–Trinajstić information content (AvgIpc) is 2.68. The van der Waals surface area contributed by atoms with Crippen LogP contribution in [-0.4, -0.2) is 47.0 Å². The minimum atomic E-state index is -0.724. The molecule has 1 aliphatic heterocycles. The zero-order chi connectivity index (χ0) is 18.5. The number of phenols is 1. The molecule has 2 aromatic rings. The second-order valence-electron chi connectivity index (χ2n) is 5.79. The summed E-state index contributed by atoms with van der Waals surface area (Å²) in [5, 5.41) is 11.9. The molecule has 2 amide bonds. The lowest BCUT2D eigenvalue weighted by atomic mass is 9.99. The van der Waals surface area contributed by atoms with Gasteiger partial charge in [0.25, 0.3) is 0 Å². The van der Waals surface area contributed by atoms with Gasteiger partial charge in [-0.25, -0.2) is 4.98 Å². The summed E-state index contributed by atoms with van der Waals surface area (Å²) < 4.78 is 5.06. The van der Waals surface area contributed by atoms with Gasteiger partial charge in [-0.15, -0.1) is 0 Å². The van der Waals surface area contributed by atoms with Crippen LogP contribution in [0.4, 0.5) is 5.69 Å². The molecule has 0 spiro atoms. The van der Waals surface area contributed by atoms with Gasteiger partial charge >= 0.3 is 11.8 Å². The van der Waals surface area contributed by atoms with Crippen molar-refractivity contribution in [1.29, 1.82) is 0 Å². The van der Waals surface area contributed by atoms with Gasteiger partial charge in [-0.2, -0.15) is 0 Å². The van der Waals surface area contributed by atoms with E-state index in [0.717, 1.165) is 11.1 Å². The molecule has 1 aromatic carbocycles. The highest BCUT2D eigenvalue weighted by Crippen LogP contribution is 2.24. The predicted molar refractivity (Wildman–Crippen MR) is 96.7 cm³/mol. The number of nitrogens with one attached hydrogen (secondary N) is 1. The highest BCUT2D eigenvalue weighted by atomic mass is 16.5. The Labute approximate surface area is 150 Å². The maximum atomic E-state index is 12.4. The standard InChI is InChI=1S/C19H19N3O4/c1-26-18-16(3-2-10-20-18)21-17(24)19(25)22-11-8-14(9-12-22)13-4-6-15(23)7-5-13/h2-8,10,23H,9,11-12H2,1H3,(H,21,24). The molecule has 7 nitrogen and oxygen atoms in total. The number of hydrogen-bond donors (Lipinski definition) is 2. The maximum absolute atomic E-state index is 12.4. The number of aromatic nitrogens is 1. The van der Waals surface area contributed by atoms with E-state index in [2.05, 4.69) is 10.3 Å². The molecule has 2 N–H and O–H groups in total. The molecule has 0 saturated heterocycles. The molecule has 2 heterocycles. The summed E-state index contributed by atoms with van der Waals surface area (Å²) in [4.78, 5) is 30.1. The first-order valence-corrected chi connectivity index (χ1v) is 8.16. The summed E-state index contributed by atoms with van der Waals surface area (Å²) >= 11 is 0. The molecule has 1 aromatic heterocycles. The first-order valence-electron chi connectivity index (χ1n) is 8.16. The largest absolute Gasteiger partial charge is 0.508 e. The van der Waals surface area contributed by atoms with E-state index in [1.165, 1.54) is 18.2 Å². The van der Waals surface area contributed by atoms with Crippen molar-refractivity contribution in [3.63, 3.8) is 0 Å². The van der Waals surface area contributed by atoms with Gasteiger partial charge in [-0.05, 0) is 41.8 Å². The Hall–Kier alpha value is -3.35. The Morgan fingerprint density at radius 1 is 1.23 bits per heavy atom. The van der Waals surface area contributed by atoms with E-state index in [4.69, 9.17) is 4.74 Å². The number of carbonyl (C=O) groups is 2. The molecular formula is C19H19N3O4. The number of carbonyl (C=O) groups excluding carboxylic acids is 2. The zero-order valence-electron chi connectivity index (χ0n) is 14.3. The van der Waals surface area contributed by atoms with Crippen molar-refractivity contribution in [2.75, 3.05) is 25.5 Å². The summed E-state index contributed by atoms with van der Waals surface area (Å²) in [6.07, 6.45) is 4.10. The molecule has 0 aliphatic carbocycles. The van der Waals surface area contributed by atoms with Crippen LogP contribution in [0.1, 0.15) is 12.0 Å². The predicted octanol–water partition coefficient (Wildman–Crippen LogP) is 2.05. The fourth-order valence-electron chi connectivity index (χ4n) is 2.76. The number of anilines is 1. The number of hydrogen-bond acceptors (Lipinski definition) is 5. The van der Waals surface area contributed by atoms with Crippen molar-refractivity contribution in [2.24, 2.45) is 0 Å². The quantitative estimate of drug-likeness (QED) is 0.824. The Balaban J connectivity index is 1.64. The maximum Gasteiger partial charge on any atom is 0.314 e. The van der Waals surface area contributed by atoms with Gasteiger partial charge in [0, 0.05) is 19.3 Å². The summed E-state index contributed by atoms with van der Waals surface area (Å²) in [5.41, 5.74) is 2.44. The Bertz CT molecular complexity index is 846. The van der Waals surface area contributed by atoms with Crippen LogP contribution in [0.5, 0.6) is 11.6 Å². The topological polar surface area (TPSA) is 91.8 Å². The SMILES string of the molecule is COc1ncccc1NC(=O)C(=O)N1CC=C(c2ccc(O)cc2)CC1. The fraction of sp³-hybridized carbons (Fsp3) is 0.211. The third-order valence-corrected chi connectivity index (χ3v) is 4.14. The molecule has 1 aliphatic rings. The second-order valence-corrected chi connectivity index (χ2v) is 5.79. The summed E-state index contributed by atoms with van der Waals surface area (Å²) in [5.74, 6) is -0.860. The highest BCUT2D eigenvalue weighted by molar-refractivity contribution is 6.39. The number of phenolic OH excluding ortho intramolecular Hbond substituents is 1. The first kappa shape index (κ1) is 17.5. The number of aromatic hydroxyl groups is 1. The van der Waals surface area contributed by atoms with Crippen molar-refractivity contribution >= 4 is 23.1 Å². The molecule has 26 heavy (non-hydrogen) atoms. The molecular weight excluding hydrogens is 334 g/mol. The molecule has 3 rings (SSSR count). The van der Waals surface area contributed by atoms with Crippen molar-refractivity contribution in [3.05, 3.63) is 54.2 Å². The highest BCUT2D eigenvalue weighted by Gasteiger charge is 2.24.